The highest BCUT2D eigenvalue weighted by molar-refractivity contribution is 7.95. The Hall–Kier alpha value is -3.11. The van der Waals surface area contributed by atoms with E-state index in [1.807, 2.05) is 24.3 Å². The third kappa shape index (κ3) is 6.32. The van der Waals surface area contributed by atoms with E-state index >= 15 is 0 Å². The second-order valence-electron chi connectivity index (χ2n) is 8.59. The summed E-state index contributed by atoms with van der Waals surface area (Å²) in [5.41, 5.74) is 3.19. The van der Waals surface area contributed by atoms with Crippen LogP contribution in [0.5, 0.6) is 5.75 Å². The fraction of sp³-hybridized carbons (Fsp3) is 0.269. The Balaban J connectivity index is 1.35. The van der Waals surface area contributed by atoms with Crippen molar-refractivity contribution < 1.29 is 22.7 Å². The first-order chi connectivity index (χ1) is 16.7. The van der Waals surface area contributed by atoms with Crippen molar-refractivity contribution >= 4 is 22.0 Å². The first-order valence-electron chi connectivity index (χ1n) is 11.3. The highest BCUT2D eigenvalue weighted by atomic mass is 32.3. The minimum atomic E-state index is -3.66. The third-order valence-corrected chi connectivity index (χ3v) is 7.45. The Morgan fingerprint density at radius 1 is 1.14 bits per heavy atom. The maximum Gasteiger partial charge on any atom is 0.221 e. The van der Waals surface area contributed by atoms with Gasteiger partial charge in [0.2, 0.25) is 5.91 Å². The monoisotopic (exact) mass is 497 g/mol. The molecule has 9 heteroatoms. The van der Waals surface area contributed by atoms with Crippen molar-refractivity contribution in [2.24, 2.45) is 0 Å². The SMILES string of the molecule is COc1ccc(F)cc1-c1ccc(CN2CCC(N[S+](=O)([O-])c3ccc(NC(C)=O)cc3)C2)cc1. The number of carbonyl (C=O) groups excluding carboxylic acids is 1. The Bertz CT molecular complexity index is 1230. The summed E-state index contributed by atoms with van der Waals surface area (Å²) in [5.74, 6) is 0.0748. The number of methoxy groups -OCH3 is 1. The normalized spacial score (nSPS) is 17.7. The highest BCUT2D eigenvalue weighted by Gasteiger charge is 2.30. The van der Waals surface area contributed by atoms with E-state index in [0.717, 1.165) is 17.7 Å². The van der Waals surface area contributed by atoms with E-state index in [-0.39, 0.29) is 22.7 Å². The molecule has 1 saturated heterocycles. The molecule has 1 amide bonds. The molecule has 2 unspecified atom stereocenters. The van der Waals surface area contributed by atoms with Crippen molar-refractivity contribution in [1.82, 2.24) is 9.62 Å². The topological polar surface area (TPSA) is 93.7 Å². The number of halogens is 1. The van der Waals surface area contributed by atoms with Crippen molar-refractivity contribution in [3.8, 4) is 16.9 Å². The van der Waals surface area contributed by atoms with E-state index in [1.54, 1.807) is 25.3 Å². The number of anilines is 1. The molecule has 3 aromatic rings. The second kappa shape index (κ2) is 10.7. The fourth-order valence-corrected chi connectivity index (χ4v) is 5.50. The molecule has 0 radical (unpaired) electrons. The summed E-state index contributed by atoms with van der Waals surface area (Å²) >= 11 is 0. The van der Waals surface area contributed by atoms with Crippen molar-refractivity contribution in [3.05, 3.63) is 78.1 Å². The summed E-state index contributed by atoms with van der Waals surface area (Å²) in [6.07, 6.45) is 0.710. The number of likely N-dealkylation sites (tertiary alicyclic amines) is 1. The van der Waals surface area contributed by atoms with Gasteiger partial charge in [0, 0.05) is 37.8 Å². The Kier molecular flexibility index (Phi) is 7.61. The first-order valence-corrected chi connectivity index (χ1v) is 12.8. The van der Waals surface area contributed by atoms with Gasteiger partial charge in [-0.2, -0.15) is 0 Å². The van der Waals surface area contributed by atoms with Gasteiger partial charge in [0.15, 0.2) is 15.3 Å². The van der Waals surface area contributed by atoms with Gasteiger partial charge in [-0.3, -0.25) is 9.69 Å². The zero-order valence-electron chi connectivity index (χ0n) is 19.6. The summed E-state index contributed by atoms with van der Waals surface area (Å²) in [6.45, 7) is 3.45. The predicted octanol–water partition coefficient (Wildman–Crippen LogP) is 4.23. The first kappa shape index (κ1) is 25.0. The smallest absolute Gasteiger partial charge is 0.221 e. The quantitative estimate of drug-likeness (QED) is 0.455. The van der Waals surface area contributed by atoms with E-state index in [1.165, 1.54) is 31.2 Å². The lowest BCUT2D eigenvalue weighted by Crippen LogP contribution is -2.40. The molecule has 2 N–H and O–H groups in total. The van der Waals surface area contributed by atoms with Crippen molar-refractivity contribution in [2.75, 3.05) is 25.5 Å². The highest BCUT2D eigenvalue weighted by Crippen LogP contribution is 2.31. The molecule has 1 aliphatic heterocycles. The van der Waals surface area contributed by atoms with Crippen LogP contribution in [-0.4, -0.2) is 41.6 Å². The number of hydrogen-bond acceptors (Lipinski definition) is 5. The molecule has 1 heterocycles. The molecule has 0 spiro atoms. The second-order valence-corrected chi connectivity index (χ2v) is 10.3. The van der Waals surface area contributed by atoms with Crippen molar-refractivity contribution in [2.45, 2.75) is 30.8 Å². The molecule has 184 valence electrons. The van der Waals surface area contributed by atoms with Crippen LogP contribution in [0.3, 0.4) is 0 Å². The summed E-state index contributed by atoms with van der Waals surface area (Å²) in [4.78, 5) is 13.5. The average molecular weight is 498 g/mol. The van der Waals surface area contributed by atoms with Crippen LogP contribution in [0, 0.1) is 5.82 Å². The number of sulfonamides is 1. The van der Waals surface area contributed by atoms with E-state index in [4.69, 9.17) is 4.74 Å². The van der Waals surface area contributed by atoms with Crippen LogP contribution in [0.2, 0.25) is 0 Å². The van der Waals surface area contributed by atoms with Crippen LogP contribution in [0.4, 0.5) is 10.1 Å². The van der Waals surface area contributed by atoms with E-state index in [0.29, 0.717) is 36.5 Å². The van der Waals surface area contributed by atoms with Gasteiger partial charge in [0.1, 0.15) is 11.6 Å². The number of hydrogen-bond donors (Lipinski definition) is 2. The lowest BCUT2D eigenvalue weighted by atomic mass is 10.0. The molecule has 2 atom stereocenters. The molecule has 1 fully saturated rings. The minimum Gasteiger partial charge on any atom is -0.593 e. The predicted molar refractivity (Wildman–Crippen MR) is 133 cm³/mol. The standard InChI is InChI=1S/C26H28FN3O4S/c1-18(31)28-22-8-10-24(11-9-22)35(32,33)29-23-13-14-30(17-23)16-19-3-5-20(6-4-19)25-15-21(27)7-12-26(25)34-2/h3-12,15,23H,13-14,16-17H2,1-2H3,(H2-,28,29,31,32,33). The summed E-state index contributed by atoms with van der Waals surface area (Å²) in [6, 6.07) is 18.2. The van der Waals surface area contributed by atoms with Crippen LogP contribution >= 0.6 is 0 Å². The maximum atomic E-state index is 13.7. The number of ether oxygens (including phenoxy) is 1. The number of amides is 1. The van der Waals surface area contributed by atoms with Crippen LogP contribution in [0.25, 0.3) is 11.1 Å². The van der Waals surface area contributed by atoms with Gasteiger partial charge < -0.3 is 14.6 Å². The zero-order valence-corrected chi connectivity index (χ0v) is 20.4. The Morgan fingerprint density at radius 2 is 1.86 bits per heavy atom. The molecule has 1 aliphatic rings. The summed E-state index contributed by atoms with van der Waals surface area (Å²) < 4.78 is 47.4. The van der Waals surface area contributed by atoms with Gasteiger partial charge in [-0.1, -0.05) is 28.5 Å². The van der Waals surface area contributed by atoms with Gasteiger partial charge in [-0.15, -0.1) is 4.72 Å². The largest absolute Gasteiger partial charge is 0.593 e. The van der Waals surface area contributed by atoms with E-state index in [9.17, 15) is 17.9 Å². The van der Waals surface area contributed by atoms with Crippen LogP contribution in [0.1, 0.15) is 18.9 Å². The molecule has 3 aromatic carbocycles. The molecule has 0 saturated carbocycles. The molecule has 7 nitrogen and oxygen atoms in total. The maximum absolute atomic E-state index is 13.7. The van der Waals surface area contributed by atoms with Crippen LogP contribution in [0.15, 0.2) is 71.6 Å². The number of carbonyl (C=O) groups is 1. The van der Waals surface area contributed by atoms with Gasteiger partial charge in [0.25, 0.3) is 0 Å². The molecule has 35 heavy (non-hydrogen) atoms. The molecular formula is C26H28FN3O4S. The van der Waals surface area contributed by atoms with E-state index < -0.39 is 10.4 Å². The Morgan fingerprint density at radius 3 is 2.51 bits per heavy atom. The van der Waals surface area contributed by atoms with Gasteiger partial charge >= 0.3 is 0 Å². The average Bonchev–Trinajstić information content (AvgIpc) is 3.25. The number of benzene rings is 3. The molecule has 0 bridgehead atoms. The summed E-state index contributed by atoms with van der Waals surface area (Å²) in [7, 11) is -2.10. The van der Waals surface area contributed by atoms with Crippen molar-refractivity contribution in [3.63, 3.8) is 0 Å². The third-order valence-electron chi connectivity index (χ3n) is 5.91. The molecule has 4 rings (SSSR count). The Labute approximate surface area is 205 Å². The van der Waals surface area contributed by atoms with Gasteiger partial charge in [-0.25, -0.2) is 4.39 Å². The van der Waals surface area contributed by atoms with Gasteiger partial charge in [0.05, 0.1) is 13.2 Å². The lowest BCUT2D eigenvalue weighted by Gasteiger charge is -2.20. The number of nitrogens with one attached hydrogen (secondary N) is 2. The van der Waals surface area contributed by atoms with E-state index in [2.05, 4.69) is 14.9 Å². The molecule has 0 aromatic heterocycles. The number of nitrogens with zero attached hydrogens (tertiary/aromatic N) is 1. The molecular weight excluding hydrogens is 469 g/mol. The minimum absolute atomic E-state index is 0.161. The number of rotatable bonds is 8. The zero-order chi connectivity index (χ0) is 25.0. The summed E-state index contributed by atoms with van der Waals surface area (Å²) in [5, 5.41) is 2.62. The van der Waals surface area contributed by atoms with Crippen molar-refractivity contribution in [1.29, 1.82) is 0 Å². The van der Waals surface area contributed by atoms with Crippen LogP contribution < -0.4 is 14.8 Å². The lowest BCUT2D eigenvalue weighted by molar-refractivity contribution is -0.114. The van der Waals surface area contributed by atoms with Gasteiger partial charge in [-0.05, 0) is 60.0 Å². The fourth-order valence-electron chi connectivity index (χ4n) is 4.23. The molecule has 0 aliphatic carbocycles. The van der Waals surface area contributed by atoms with Crippen LogP contribution in [-0.2, 0) is 25.9 Å².